The number of benzene rings is 2. The SMILES string of the molecule is CC(C)(C)C[C@H]1N[C@@H](C(=O)N[C@H]2C[C@@](C)(O)C2)[C@H](c2cccc(Cl)c2F)[C@@]12C(=O)Oc1cc(F)c(F)cc12. The molecule has 2 fully saturated rings. The van der Waals surface area contributed by atoms with Crippen LogP contribution in [0.5, 0.6) is 5.75 Å². The van der Waals surface area contributed by atoms with E-state index in [0.29, 0.717) is 19.3 Å². The number of carbonyl (C=O) groups is 2. The Hall–Kier alpha value is -2.62. The van der Waals surface area contributed by atoms with E-state index in [0.717, 1.165) is 12.1 Å². The Labute approximate surface area is 223 Å². The minimum absolute atomic E-state index is 0.0169. The van der Waals surface area contributed by atoms with Crippen molar-refractivity contribution >= 4 is 23.5 Å². The maximum Gasteiger partial charge on any atom is 0.324 e. The van der Waals surface area contributed by atoms with Crippen LogP contribution in [0.1, 0.15) is 64.0 Å². The number of nitrogens with one attached hydrogen (secondary N) is 2. The van der Waals surface area contributed by atoms with Crippen LogP contribution in [0.15, 0.2) is 30.3 Å². The summed E-state index contributed by atoms with van der Waals surface area (Å²) in [5, 5.41) is 16.1. The van der Waals surface area contributed by atoms with E-state index in [9.17, 15) is 23.5 Å². The average Bonchev–Trinajstić information content (AvgIpc) is 3.24. The van der Waals surface area contributed by atoms with E-state index in [1.54, 1.807) is 6.92 Å². The monoisotopic (exact) mass is 550 g/mol. The molecule has 6 nitrogen and oxygen atoms in total. The van der Waals surface area contributed by atoms with E-state index in [2.05, 4.69) is 10.6 Å². The van der Waals surface area contributed by atoms with E-state index < -0.39 is 58.3 Å². The van der Waals surface area contributed by atoms with Crippen LogP contribution in [-0.2, 0) is 15.0 Å². The van der Waals surface area contributed by atoms with Crippen molar-refractivity contribution in [1.29, 1.82) is 0 Å². The Morgan fingerprint density at radius 3 is 2.50 bits per heavy atom. The van der Waals surface area contributed by atoms with Gasteiger partial charge in [0, 0.05) is 29.6 Å². The topological polar surface area (TPSA) is 87.7 Å². The summed E-state index contributed by atoms with van der Waals surface area (Å²) >= 11 is 6.14. The molecule has 38 heavy (non-hydrogen) atoms. The van der Waals surface area contributed by atoms with Crippen molar-refractivity contribution in [2.24, 2.45) is 5.41 Å². The van der Waals surface area contributed by atoms with Gasteiger partial charge < -0.3 is 20.5 Å². The molecule has 2 heterocycles. The van der Waals surface area contributed by atoms with Gasteiger partial charge in [-0.15, -0.1) is 0 Å². The summed E-state index contributed by atoms with van der Waals surface area (Å²) in [6.45, 7) is 7.48. The number of esters is 1. The Morgan fingerprint density at radius 1 is 1.21 bits per heavy atom. The molecule has 204 valence electrons. The number of fused-ring (bicyclic) bond motifs is 2. The molecule has 5 rings (SSSR count). The number of hydrogen-bond donors (Lipinski definition) is 3. The highest BCUT2D eigenvalue weighted by Crippen LogP contribution is 2.58. The van der Waals surface area contributed by atoms with Crippen LogP contribution in [0, 0.1) is 22.9 Å². The summed E-state index contributed by atoms with van der Waals surface area (Å²) in [5.74, 6) is -5.90. The molecule has 4 atom stereocenters. The van der Waals surface area contributed by atoms with Gasteiger partial charge in [-0.2, -0.15) is 0 Å². The number of ether oxygens (including phenoxy) is 1. The molecule has 1 aliphatic carbocycles. The van der Waals surface area contributed by atoms with Crippen LogP contribution >= 0.6 is 11.6 Å². The van der Waals surface area contributed by atoms with Gasteiger partial charge in [-0.05, 0) is 49.3 Å². The normalized spacial score (nSPS) is 32.2. The van der Waals surface area contributed by atoms with Crippen LogP contribution in [-0.4, -0.2) is 40.7 Å². The van der Waals surface area contributed by atoms with Crippen LogP contribution in [0.4, 0.5) is 13.2 Å². The number of hydrogen-bond acceptors (Lipinski definition) is 5. The minimum atomic E-state index is -1.75. The number of carbonyl (C=O) groups excluding carboxylic acids is 2. The van der Waals surface area contributed by atoms with Gasteiger partial charge >= 0.3 is 5.97 Å². The predicted molar refractivity (Wildman–Crippen MR) is 134 cm³/mol. The fourth-order valence-electron chi connectivity index (χ4n) is 6.42. The van der Waals surface area contributed by atoms with E-state index in [1.807, 2.05) is 20.8 Å². The lowest BCUT2D eigenvalue weighted by Crippen LogP contribution is -2.57. The predicted octanol–water partition coefficient (Wildman–Crippen LogP) is 4.50. The lowest BCUT2D eigenvalue weighted by Gasteiger charge is -2.42. The highest BCUT2D eigenvalue weighted by Gasteiger charge is 2.68. The molecule has 1 saturated carbocycles. The molecule has 0 unspecified atom stereocenters. The van der Waals surface area contributed by atoms with Crippen molar-refractivity contribution < 1.29 is 32.6 Å². The van der Waals surface area contributed by atoms with Crippen LogP contribution in [0.25, 0.3) is 0 Å². The highest BCUT2D eigenvalue weighted by molar-refractivity contribution is 6.30. The first-order chi connectivity index (χ1) is 17.6. The Balaban J connectivity index is 1.71. The second-order valence-corrected chi connectivity index (χ2v) is 12.6. The summed E-state index contributed by atoms with van der Waals surface area (Å²) in [7, 11) is 0. The zero-order valence-electron chi connectivity index (χ0n) is 21.5. The van der Waals surface area contributed by atoms with Gasteiger partial charge in [-0.25, -0.2) is 13.2 Å². The van der Waals surface area contributed by atoms with Crippen molar-refractivity contribution in [3.8, 4) is 5.75 Å². The first-order valence-corrected chi connectivity index (χ1v) is 13.0. The van der Waals surface area contributed by atoms with E-state index in [4.69, 9.17) is 16.3 Å². The fourth-order valence-corrected chi connectivity index (χ4v) is 6.60. The Morgan fingerprint density at radius 2 is 1.87 bits per heavy atom. The lowest BCUT2D eigenvalue weighted by molar-refractivity contribution is -0.139. The molecule has 1 saturated heterocycles. The van der Waals surface area contributed by atoms with Crippen molar-refractivity contribution in [2.45, 2.75) is 82.0 Å². The highest BCUT2D eigenvalue weighted by atomic mass is 35.5. The zero-order valence-corrected chi connectivity index (χ0v) is 22.3. The number of aliphatic hydroxyl groups is 1. The standard InChI is InChI=1S/C28H30ClF3N2O4/c1-26(2,3)12-20-28(15-8-17(30)18(31)9-19(15)38-25(28)36)21(14-6-5-7-16(29)22(14)32)23(34-20)24(35)33-13-10-27(4,37)11-13/h5-9,13,20-21,23,34,37H,10-12H2,1-4H3,(H,33,35)/t13-,20-,21+,23-,27+,28+/m1/s1. The van der Waals surface area contributed by atoms with Crippen molar-refractivity contribution in [2.75, 3.05) is 0 Å². The number of amides is 1. The van der Waals surface area contributed by atoms with Gasteiger partial charge in [0.25, 0.3) is 0 Å². The van der Waals surface area contributed by atoms with Crippen LogP contribution in [0.2, 0.25) is 5.02 Å². The van der Waals surface area contributed by atoms with Crippen molar-refractivity contribution in [1.82, 2.24) is 10.6 Å². The molecule has 2 aromatic rings. The molecule has 2 aromatic carbocycles. The van der Waals surface area contributed by atoms with Crippen molar-refractivity contribution in [3.05, 3.63) is 63.9 Å². The summed E-state index contributed by atoms with van der Waals surface area (Å²) < 4.78 is 50.0. The molecular weight excluding hydrogens is 521 g/mol. The molecule has 2 aliphatic heterocycles. The third-order valence-electron chi connectivity index (χ3n) is 7.90. The Bertz CT molecular complexity index is 1320. The van der Waals surface area contributed by atoms with Gasteiger partial charge in [-0.1, -0.05) is 44.5 Å². The van der Waals surface area contributed by atoms with Gasteiger partial charge in [-0.3, -0.25) is 9.59 Å². The van der Waals surface area contributed by atoms with Crippen LogP contribution < -0.4 is 15.4 Å². The molecule has 0 radical (unpaired) electrons. The molecule has 3 N–H and O–H groups in total. The first kappa shape index (κ1) is 27.0. The van der Waals surface area contributed by atoms with E-state index >= 15 is 4.39 Å². The number of halogens is 4. The third kappa shape index (κ3) is 4.28. The van der Waals surface area contributed by atoms with Gasteiger partial charge in [0.2, 0.25) is 5.91 Å². The molecule has 1 amide bonds. The Kier molecular flexibility index (Phi) is 6.36. The maximum absolute atomic E-state index is 15.7. The largest absolute Gasteiger partial charge is 0.425 e. The number of rotatable bonds is 4. The second kappa shape index (κ2) is 8.96. The summed E-state index contributed by atoms with van der Waals surface area (Å²) in [4.78, 5) is 27.6. The van der Waals surface area contributed by atoms with Gasteiger partial charge in [0.15, 0.2) is 11.6 Å². The zero-order chi connectivity index (χ0) is 27.8. The molecule has 0 bridgehead atoms. The summed E-state index contributed by atoms with van der Waals surface area (Å²) in [6.07, 6.45) is 1.00. The van der Waals surface area contributed by atoms with E-state index in [-0.39, 0.29) is 33.4 Å². The summed E-state index contributed by atoms with van der Waals surface area (Å²) in [5.41, 5.74) is -3.01. The van der Waals surface area contributed by atoms with Crippen LogP contribution in [0.3, 0.4) is 0 Å². The summed E-state index contributed by atoms with van der Waals surface area (Å²) in [6, 6.07) is 3.76. The maximum atomic E-state index is 15.7. The molecule has 10 heteroatoms. The first-order valence-electron chi connectivity index (χ1n) is 12.6. The van der Waals surface area contributed by atoms with Gasteiger partial charge in [0.1, 0.15) is 17.0 Å². The third-order valence-corrected chi connectivity index (χ3v) is 8.19. The minimum Gasteiger partial charge on any atom is -0.425 e. The quantitative estimate of drug-likeness (QED) is 0.385. The van der Waals surface area contributed by atoms with Gasteiger partial charge in [0.05, 0.1) is 16.7 Å². The average molecular weight is 551 g/mol. The molecule has 3 aliphatic rings. The lowest BCUT2D eigenvalue weighted by atomic mass is 9.62. The molecule has 0 aromatic heterocycles. The molecule has 1 spiro atoms. The fraction of sp³-hybridized carbons (Fsp3) is 0.500. The molecular formula is C28H30ClF3N2O4. The van der Waals surface area contributed by atoms with Crippen molar-refractivity contribution in [3.63, 3.8) is 0 Å². The smallest absolute Gasteiger partial charge is 0.324 e. The van der Waals surface area contributed by atoms with E-state index in [1.165, 1.54) is 18.2 Å². The second-order valence-electron chi connectivity index (χ2n) is 12.2.